The van der Waals surface area contributed by atoms with E-state index in [2.05, 4.69) is 20.3 Å². The highest BCUT2D eigenvalue weighted by atomic mass is 127. The molecule has 9 heteroatoms. The van der Waals surface area contributed by atoms with Gasteiger partial charge in [0.25, 0.3) is 0 Å². The molecule has 7 nitrogen and oxygen atoms in total. The maximum Gasteiger partial charge on any atom is 0.215 e. The van der Waals surface area contributed by atoms with E-state index < -0.39 is 10.0 Å². The van der Waals surface area contributed by atoms with Crippen molar-refractivity contribution in [3.05, 3.63) is 35.4 Å². The normalized spacial score (nSPS) is 11.7. The first-order valence-corrected chi connectivity index (χ1v) is 10.2. The molecule has 0 heterocycles. The van der Waals surface area contributed by atoms with Crippen LogP contribution in [0.25, 0.3) is 0 Å². The second-order valence-corrected chi connectivity index (χ2v) is 7.38. The summed E-state index contributed by atoms with van der Waals surface area (Å²) in [6.07, 6.45) is 0.924. The summed E-state index contributed by atoms with van der Waals surface area (Å²) in [7, 11) is -1.82. The number of nitrogens with one attached hydrogen (secondary N) is 3. The highest BCUT2D eigenvalue weighted by molar-refractivity contribution is 14.0. The Morgan fingerprint density at radius 2 is 1.77 bits per heavy atom. The molecule has 0 aromatic heterocycles. The van der Waals surface area contributed by atoms with Crippen LogP contribution in [0, 0.1) is 0 Å². The fourth-order valence-corrected chi connectivity index (χ4v) is 2.85. The summed E-state index contributed by atoms with van der Waals surface area (Å²) in [5.41, 5.74) is 1.78. The molecule has 0 aliphatic heterocycles. The molecule has 0 spiro atoms. The quantitative estimate of drug-likeness (QED) is 0.188. The largest absolute Gasteiger partial charge is 0.382 e. The first kappa shape index (κ1) is 25.1. The molecule has 0 amide bonds. The molecule has 0 saturated carbocycles. The number of halogens is 1. The van der Waals surface area contributed by atoms with Gasteiger partial charge >= 0.3 is 0 Å². The number of hydrogen-bond donors (Lipinski definition) is 3. The molecule has 0 aliphatic carbocycles. The van der Waals surface area contributed by atoms with Gasteiger partial charge in [-0.3, -0.25) is 0 Å². The van der Waals surface area contributed by atoms with E-state index >= 15 is 0 Å². The van der Waals surface area contributed by atoms with Crippen LogP contribution in [0.1, 0.15) is 31.4 Å². The minimum atomic E-state index is -3.24. The number of guanidine groups is 1. The zero-order chi connectivity index (χ0) is 18.5. The molecule has 0 fully saturated rings. The van der Waals surface area contributed by atoms with Gasteiger partial charge in [-0.25, -0.2) is 18.1 Å². The van der Waals surface area contributed by atoms with Crippen molar-refractivity contribution in [3.63, 3.8) is 0 Å². The van der Waals surface area contributed by atoms with E-state index in [0.717, 1.165) is 49.8 Å². The summed E-state index contributed by atoms with van der Waals surface area (Å²) < 4.78 is 30.7. The second kappa shape index (κ2) is 14.2. The zero-order valence-corrected chi connectivity index (χ0v) is 18.9. The minimum absolute atomic E-state index is 0. The fraction of sp³-hybridized carbons (Fsp3) is 0.588. The molecular weight excluding hydrogens is 467 g/mol. The van der Waals surface area contributed by atoms with Gasteiger partial charge in [0.2, 0.25) is 10.0 Å². The molecule has 1 aromatic rings. The number of aliphatic imine (C=N–C) groups is 1. The number of benzene rings is 1. The molecule has 0 radical (unpaired) electrons. The van der Waals surface area contributed by atoms with Crippen molar-refractivity contribution in [2.45, 2.75) is 32.6 Å². The van der Waals surface area contributed by atoms with Crippen LogP contribution in [0.15, 0.2) is 29.3 Å². The summed E-state index contributed by atoms with van der Waals surface area (Å²) in [5, 5.41) is 6.48. The van der Waals surface area contributed by atoms with E-state index in [-0.39, 0.29) is 29.7 Å². The Balaban J connectivity index is 0.00000625. The van der Waals surface area contributed by atoms with Gasteiger partial charge in [-0.15, -0.1) is 24.0 Å². The van der Waals surface area contributed by atoms with Gasteiger partial charge in [0.05, 0.1) is 12.3 Å². The Morgan fingerprint density at radius 3 is 2.35 bits per heavy atom. The number of nitrogens with zero attached hydrogens (tertiary/aromatic N) is 1. The van der Waals surface area contributed by atoms with Crippen molar-refractivity contribution in [1.82, 2.24) is 15.4 Å². The lowest BCUT2D eigenvalue weighted by atomic mass is 10.1. The van der Waals surface area contributed by atoms with E-state index in [1.165, 1.54) is 7.05 Å². The highest BCUT2D eigenvalue weighted by Crippen LogP contribution is 2.08. The van der Waals surface area contributed by atoms with Crippen LogP contribution in [-0.4, -0.2) is 47.7 Å². The Bertz CT molecular complexity index is 621. The number of hydrogen-bond acceptors (Lipinski definition) is 4. The van der Waals surface area contributed by atoms with Crippen LogP contribution in [0.5, 0.6) is 0 Å². The molecule has 150 valence electrons. The van der Waals surface area contributed by atoms with Gasteiger partial charge in [0, 0.05) is 26.3 Å². The Labute approximate surface area is 174 Å². The molecule has 1 aromatic carbocycles. The van der Waals surface area contributed by atoms with Crippen LogP contribution in [0.4, 0.5) is 0 Å². The number of ether oxygens (including phenoxy) is 1. The van der Waals surface area contributed by atoms with Crippen LogP contribution in [0.2, 0.25) is 0 Å². The predicted octanol–water partition coefficient (Wildman–Crippen LogP) is 1.84. The van der Waals surface area contributed by atoms with Crippen molar-refractivity contribution in [1.29, 1.82) is 0 Å². The maximum atomic E-state index is 11.5. The molecule has 3 N–H and O–H groups in total. The van der Waals surface area contributed by atoms with E-state index in [9.17, 15) is 8.42 Å². The highest BCUT2D eigenvalue weighted by Gasteiger charge is 2.08. The molecule has 26 heavy (non-hydrogen) atoms. The minimum Gasteiger partial charge on any atom is -0.382 e. The number of sulfonamides is 1. The van der Waals surface area contributed by atoms with E-state index in [1.54, 1.807) is 0 Å². The Hall–Kier alpha value is -0.910. The molecule has 0 bridgehead atoms. The lowest BCUT2D eigenvalue weighted by molar-refractivity contribution is 0.145. The van der Waals surface area contributed by atoms with Crippen molar-refractivity contribution in [3.8, 4) is 0 Å². The Morgan fingerprint density at radius 1 is 1.12 bits per heavy atom. The average molecular weight is 498 g/mol. The molecule has 0 aliphatic rings. The SMILES string of the molecule is CCNC(=NCc1ccc(CS(=O)(=O)NC)cc1)NCCCOCC.I. The molecule has 1 rings (SSSR count). The lowest BCUT2D eigenvalue weighted by Crippen LogP contribution is -2.38. The fourth-order valence-electron chi connectivity index (χ4n) is 2.07. The van der Waals surface area contributed by atoms with Crippen LogP contribution in [0.3, 0.4) is 0 Å². The third-order valence-corrected chi connectivity index (χ3v) is 4.75. The summed E-state index contributed by atoms with van der Waals surface area (Å²) in [4.78, 5) is 4.54. The van der Waals surface area contributed by atoms with E-state index in [4.69, 9.17) is 4.74 Å². The molecule has 0 atom stereocenters. The monoisotopic (exact) mass is 498 g/mol. The van der Waals surface area contributed by atoms with Crippen LogP contribution in [-0.2, 0) is 27.1 Å². The van der Waals surface area contributed by atoms with Crippen molar-refractivity contribution >= 4 is 40.0 Å². The maximum absolute atomic E-state index is 11.5. The second-order valence-electron chi connectivity index (χ2n) is 5.45. The van der Waals surface area contributed by atoms with Gasteiger partial charge in [-0.1, -0.05) is 24.3 Å². The zero-order valence-electron chi connectivity index (χ0n) is 15.7. The van der Waals surface area contributed by atoms with E-state index in [1.807, 2.05) is 38.1 Å². The predicted molar refractivity (Wildman–Crippen MR) is 117 cm³/mol. The molecule has 0 unspecified atom stereocenters. The number of rotatable bonds is 11. The third kappa shape index (κ3) is 10.9. The smallest absolute Gasteiger partial charge is 0.215 e. The van der Waals surface area contributed by atoms with Crippen molar-refractivity contribution < 1.29 is 13.2 Å². The van der Waals surface area contributed by atoms with Crippen LogP contribution >= 0.6 is 24.0 Å². The summed E-state index contributed by atoms with van der Waals surface area (Å²) in [5.74, 6) is 0.748. The van der Waals surface area contributed by atoms with Gasteiger partial charge < -0.3 is 15.4 Å². The standard InChI is InChI=1S/C17H30N4O3S.HI/c1-4-19-17(20-11-6-12-24-5-2)21-13-15-7-9-16(10-8-15)14-25(22,23)18-3;/h7-10,18H,4-6,11-14H2,1-3H3,(H2,19,20,21);1H. The Kier molecular flexibility index (Phi) is 13.7. The summed E-state index contributed by atoms with van der Waals surface area (Å²) >= 11 is 0. The lowest BCUT2D eigenvalue weighted by Gasteiger charge is -2.11. The van der Waals surface area contributed by atoms with Gasteiger partial charge in [-0.2, -0.15) is 0 Å². The van der Waals surface area contributed by atoms with E-state index in [0.29, 0.717) is 6.54 Å². The van der Waals surface area contributed by atoms with Gasteiger partial charge in [0.1, 0.15) is 0 Å². The van der Waals surface area contributed by atoms with Gasteiger partial charge in [-0.05, 0) is 38.4 Å². The van der Waals surface area contributed by atoms with Crippen LogP contribution < -0.4 is 15.4 Å². The topological polar surface area (TPSA) is 91.8 Å². The van der Waals surface area contributed by atoms with Crippen molar-refractivity contribution in [2.75, 3.05) is 33.4 Å². The first-order chi connectivity index (χ1) is 12.0. The summed E-state index contributed by atoms with van der Waals surface area (Å²) in [6.45, 7) is 7.59. The van der Waals surface area contributed by atoms with Crippen molar-refractivity contribution in [2.24, 2.45) is 4.99 Å². The average Bonchev–Trinajstić information content (AvgIpc) is 2.60. The third-order valence-electron chi connectivity index (χ3n) is 3.42. The molecular formula is C17H31IN4O3S. The molecule has 0 saturated heterocycles. The summed E-state index contributed by atoms with van der Waals surface area (Å²) in [6, 6.07) is 7.45. The first-order valence-electron chi connectivity index (χ1n) is 8.59. The van der Waals surface area contributed by atoms with Gasteiger partial charge in [0.15, 0.2) is 5.96 Å².